The first-order valence-electron chi connectivity index (χ1n) is 19.2. The third-order valence-electron chi connectivity index (χ3n) is 11.7. The van der Waals surface area contributed by atoms with E-state index in [1.54, 1.807) is 0 Å². The molecule has 1 heterocycles. The number of benzene rings is 8. The molecule has 9 aromatic rings. The lowest BCUT2D eigenvalue weighted by Crippen LogP contribution is -2.17. The van der Waals surface area contributed by atoms with Crippen molar-refractivity contribution in [1.29, 1.82) is 0 Å². The highest BCUT2D eigenvalue weighted by atomic mass is 15.2. The summed E-state index contributed by atoms with van der Waals surface area (Å²) in [6.45, 7) is 0. The molecule has 8 aromatic carbocycles. The fraction of sp³-hybridized carbons (Fsp3) is 0.0577. The predicted octanol–water partition coefficient (Wildman–Crippen LogP) is 14.1. The van der Waals surface area contributed by atoms with Gasteiger partial charge in [0.05, 0.1) is 11.2 Å². The number of nitrogens with zero attached hydrogens (tertiary/aromatic N) is 3. The largest absolute Gasteiger partial charge is 0.310 e. The molecule has 0 bridgehead atoms. The van der Waals surface area contributed by atoms with Gasteiger partial charge < -0.3 is 9.80 Å². The molecule has 0 N–H and O–H groups in total. The average Bonchev–Trinajstić information content (AvgIpc) is 4.06. The van der Waals surface area contributed by atoms with Crippen molar-refractivity contribution in [3.63, 3.8) is 0 Å². The van der Waals surface area contributed by atoms with E-state index in [0.29, 0.717) is 0 Å². The lowest BCUT2D eigenvalue weighted by molar-refractivity contribution is 0.853. The maximum absolute atomic E-state index is 5.07. The first kappa shape index (κ1) is 31.5. The van der Waals surface area contributed by atoms with Crippen molar-refractivity contribution in [1.82, 2.24) is 4.98 Å². The minimum Gasteiger partial charge on any atom is -0.310 e. The molecule has 1 fully saturated rings. The summed E-state index contributed by atoms with van der Waals surface area (Å²) >= 11 is 0. The number of rotatable bonds is 7. The molecule has 0 radical (unpaired) electrons. The zero-order valence-corrected chi connectivity index (χ0v) is 30.3. The Labute approximate surface area is 321 Å². The lowest BCUT2D eigenvalue weighted by Gasteiger charge is -2.32. The Bertz CT molecular complexity index is 2790. The standard InChI is InChI=1S/C52H37N3/c1-5-15-36(16-6-1)54(37-17-7-2-8-18-37)40-26-27-43-45-29-28-41(44-23-13-25-47(50(44)45)52(32-33-52)48(43)35-40)42-30-31-49(51-46(42)24-14-34-53-51)55(38-19-9-3-10-20-38)39-21-11-4-12-22-39/h1-31,34-35H,32-33H2. The van der Waals surface area contributed by atoms with E-state index in [2.05, 4.69) is 204 Å². The van der Waals surface area contributed by atoms with Gasteiger partial charge in [-0.05, 0) is 130 Å². The van der Waals surface area contributed by atoms with Crippen molar-refractivity contribution < 1.29 is 0 Å². The minimum absolute atomic E-state index is 0.00880. The molecular weight excluding hydrogens is 667 g/mol. The zero-order valence-electron chi connectivity index (χ0n) is 30.3. The van der Waals surface area contributed by atoms with Crippen LogP contribution in [0, 0.1) is 0 Å². The summed E-state index contributed by atoms with van der Waals surface area (Å²) in [7, 11) is 0. The van der Waals surface area contributed by atoms with Gasteiger partial charge in [-0.2, -0.15) is 0 Å². The molecule has 55 heavy (non-hydrogen) atoms. The van der Waals surface area contributed by atoms with Crippen LogP contribution in [0.25, 0.3) is 43.9 Å². The molecule has 1 spiro atoms. The van der Waals surface area contributed by atoms with Gasteiger partial charge in [-0.25, -0.2) is 0 Å². The van der Waals surface area contributed by atoms with Gasteiger partial charge in [-0.15, -0.1) is 0 Å². The second-order valence-electron chi connectivity index (χ2n) is 14.7. The number of fused-ring (bicyclic) bond motifs is 5. The van der Waals surface area contributed by atoms with E-state index in [0.717, 1.165) is 52.2 Å². The summed E-state index contributed by atoms with van der Waals surface area (Å²) in [4.78, 5) is 9.76. The summed E-state index contributed by atoms with van der Waals surface area (Å²) in [5, 5.41) is 3.82. The van der Waals surface area contributed by atoms with Crippen molar-refractivity contribution in [3.8, 4) is 22.3 Å². The molecule has 0 unspecified atom stereocenters. The number of pyridine rings is 1. The number of aromatic nitrogens is 1. The molecule has 1 saturated carbocycles. The predicted molar refractivity (Wildman–Crippen MR) is 230 cm³/mol. The van der Waals surface area contributed by atoms with E-state index in [1.807, 2.05) is 6.20 Å². The van der Waals surface area contributed by atoms with Crippen molar-refractivity contribution in [2.45, 2.75) is 18.3 Å². The van der Waals surface area contributed by atoms with Crippen molar-refractivity contribution in [2.24, 2.45) is 0 Å². The van der Waals surface area contributed by atoms with E-state index < -0.39 is 0 Å². The second-order valence-corrected chi connectivity index (χ2v) is 14.7. The molecule has 0 saturated heterocycles. The fourth-order valence-electron chi connectivity index (χ4n) is 9.13. The van der Waals surface area contributed by atoms with Crippen LogP contribution in [0.5, 0.6) is 0 Å². The Morgan fingerprint density at radius 3 is 1.53 bits per heavy atom. The van der Waals surface area contributed by atoms with Crippen molar-refractivity contribution in [3.05, 3.63) is 211 Å². The molecule has 1 aromatic heterocycles. The molecule has 3 heteroatoms. The van der Waals surface area contributed by atoms with Gasteiger partial charge >= 0.3 is 0 Å². The van der Waals surface area contributed by atoms with Gasteiger partial charge in [-0.1, -0.05) is 121 Å². The van der Waals surface area contributed by atoms with E-state index in [9.17, 15) is 0 Å². The normalized spacial score (nSPS) is 13.5. The molecule has 2 aliphatic rings. The summed E-state index contributed by atoms with van der Waals surface area (Å²) < 4.78 is 0. The van der Waals surface area contributed by atoms with Gasteiger partial charge in [-0.3, -0.25) is 4.98 Å². The molecule has 0 aliphatic heterocycles. The number of anilines is 6. The minimum atomic E-state index is 0.00880. The van der Waals surface area contributed by atoms with Gasteiger partial charge in [0, 0.05) is 45.4 Å². The second kappa shape index (κ2) is 12.6. The molecule has 0 amide bonds. The Hall–Kier alpha value is -6.97. The molecule has 0 atom stereocenters. The molecule has 260 valence electrons. The van der Waals surface area contributed by atoms with Gasteiger partial charge in [0.1, 0.15) is 0 Å². The highest BCUT2D eigenvalue weighted by molar-refractivity contribution is 6.14. The summed E-state index contributed by atoms with van der Waals surface area (Å²) in [5.74, 6) is 0. The van der Waals surface area contributed by atoms with Crippen LogP contribution in [0.3, 0.4) is 0 Å². The maximum atomic E-state index is 5.07. The van der Waals surface area contributed by atoms with Gasteiger partial charge in [0.15, 0.2) is 0 Å². The zero-order chi connectivity index (χ0) is 36.3. The summed E-state index contributed by atoms with van der Waals surface area (Å²) in [5.41, 5.74) is 15.7. The van der Waals surface area contributed by atoms with Crippen LogP contribution >= 0.6 is 0 Å². The fourth-order valence-corrected chi connectivity index (χ4v) is 9.13. The van der Waals surface area contributed by atoms with E-state index >= 15 is 0 Å². The third-order valence-corrected chi connectivity index (χ3v) is 11.7. The van der Waals surface area contributed by atoms with Crippen LogP contribution in [0.2, 0.25) is 0 Å². The van der Waals surface area contributed by atoms with Crippen LogP contribution in [-0.4, -0.2) is 4.98 Å². The SMILES string of the molecule is c1ccc(N(c2ccccc2)c2ccc3c(c2)C2(CC2)c2cccc4c(-c5ccc(N(c6ccccc6)c6ccccc6)c6ncccc56)ccc-3c24)cc1. The topological polar surface area (TPSA) is 19.4 Å². The van der Waals surface area contributed by atoms with Crippen LogP contribution in [0.1, 0.15) is 24.0 Å². The van der Waals surface area contributed by atoms with Crippen LogP contribution < -0.4 is 9.80 Å². The van der Waals surface area contributed by atoms with Crippen molar-refractivity contribution >= 4 is 55.8 Å². The number of hydrogen-bond acceptors (Lipinski definition) is 3. The van der Waals surface area contributed by atoms with Crippen LogP contribution in [-0.2, 0) is 5.41 Å². The lowest BCUT2D eigenvalue weighted by atomic mass is 9.73. The van der Waals surface area contributed by atoms with Gasteiger partial charge in [0.25, 0.3) is 0 Å². The van der Waals surface area contributed by atoms with E-state index in [-0.39, 0.29) is 5.41 Å². The first-order chi connectivity index (χ1) is 27.3. The Morgan fingerprint density at radius 2 is 0.909 bits per heavy atom. The number of para-hydroxylation sites is 4. The smallest absolute Gasteiger partial charge is 0.0948 e. The molecule has 2 aliphatic carbocycles. The number of hydrogen-bond donors (Lipinski definition) is 0. The highest BCUT2D eigenvalue weighted by Crippen LogP contribution is 2.62. The summed E-state index contributed by atoms with van der Waals surface area (Å²) in [6, 6.07) is 70.4. The Kier molecular flexibility index (Phi) is 7.21. The highest BCUT2D eigenvalue weighted by Gasteiger charge is 2.50. The van der Waals surface area contributed by atoms with Crippen LogP contribution in [0.15, 0.2) is 200 Å². The Balaban J connectivity index is 1.08. The van der Waals surface area contributed by atoms with E-state index in [4.69, 9.17) is 4.98 Å². The quantitative estimate of drug-likeness (QED) is 0.165. The van der Waals surface area contributed by atoms with E-state index in [1.165, 1.54) is 49.8 Å². The summed E-state index contributed by atoms with van der Waals surface area (Å²) in [6.07, 6.45) is 4.22. The first-order valence-corrected chi connectivity index (χ1v) is 19.2. The maximum Gasteiger partial charge on any atom is 0.0948 e. The van der Waals surface area contributed by atoms with Gasteiger partial charge in [0.2, 0.25) is 0 Å². The van der Waals surface area contributed by atoms with Crippen LogP contribution in [0.4, 0.5) is 34.1 Å². The average molecular weight is 704 g/mol. The molecule has 3 nitrogen and oxygen atoms in total. The Morgan fingerprint density at radius 1 is 0.382 bits per heavy atom. The molecular formula is C52H37N3. The monoisotopic (exact) mass is 703 g/mol. The third kappa shape index (κ3) is 5.01. The molecule has 11 rings (SSSR count). The van der Waals surface area contributed by atoms with Crippen molar-refractivity contribution in [2.75, 3.05) is 9.80 Å².